The van der Waals surface area contributed by atoms with Crippen molar-refractivity contribution in [3.63, 3.8) is 0 Å². The molecule has 5 heteroatoms. The third-order valence-corrected chi connectivity index (χ3v) is 5.70. The lowest BCUT2D eigenvalue weighted by Gasteiger charge is -2.23. The molecule has 0 aliphatic heterocycles. The van der Waals surface area contributed by atoms with Crippen LogP contribution in [0.3, 0.4) is 0 Å². The molecule has 3 atom stereocenters. The number of pyridine rings is 2. The number of rotatable bonds is 3. The maximum atomic E-state index is 12.8. The van der Waals surface area contributed by atoms with Gasteiger partial charge in [0.25, 0.3) is 5.91 Å². The van der Waals surface area contributed by atoms with E-state index < -0.39 is 0 Å². The van der Waals surface area contributed by atoms with Gasteiger partial charge in [0.2, 0.25) is 5.43 Å². The van der Waals surface area contributed by atoms with Crippen molar-refractivity contribution in [1.29, 1.82) is 0 Å². The zero-order chi connectivity index (χ0) is 16.8. The van der Waals surface area contributed by atoms with Crippen LogP contribution in [0, 0.1) is 18.8 Å². The fourth-order valence-electron chi connectivity index (χ4n) is 4.43. The number of nitrogens with zero attached hydrogens (tertiary/aromatic N) is 2. The lowest BCUT2D eigenvalue weighted by atomic mass is 9.95. The second kappa shape index (κ2) is 5.72. The molecule has 0 saturated heterocycles. The van der Waals surface area contributed by atoms with Crippen LogP contribution in [0.2, 0.25) is 0 Å². The first kappa shape index (κ1) is 15.4. The van der Waals surface area contributed by atoms with Crippen molar-refractivity contribution in [3.8, 4) is 0 Å². The second-order valence-electron chi connectivity index (χ2n) is 7.24. The van der Waals surface area contributed by atoms with Gasteiger partial charge in [-0.2, -0.15) is 0 Å². The van der Waals surface area contributed by atoms with Gasteiger partial charge in [-0.25, -0.2) is 4.98 Å². The highest BCUT2D eigenvalue weighted by atomic mass is 16.2. The number of hydrogen-bond acceptors (Lipinski definition) is 3. The van der Waals surface area contributed by atoms with E-state index in [1.165, 1.54) is 19.3 Å². The lowest BCUT2D eigenvalue weighted by molar-refractivity contribution is 0.0921. The quantitative estimate of drug-likeness (QED) is 0.943. The molecular weight excluding hydrogens is 302 g/mol. The van der Waals surface area contributed by atoms with Crippen molar-refractivity contribution >= 4 is 16.9 Å². The van der Waals surface area contributed by atoms with Crippen LogP contribution in [0.1, 0.15) is 48.7 Å². The molecule has 4 rings (SSSR count). The Morgan fingerprint density at radius 3 is 2.83 bits per heavy atom. The molecule has 24 heavy (non-hydrogen) atoms. The Hall–Kier alpha value is -2.17. The van der Waals surface area contributed by atoms with Gasteiger partial charge in [-0.15, -0.1) is 0 Å². The molecule has 2 bridgehead atoms. The third kappa shape index (κ3) is 2.43. The summed E-state index contributed by atoms with van der Waals surface area (Å²) in [4.78, 5) is 30.0. The maximum Gasteiger partial charge on any atom is 0.257 e. The topological polar surface area (TPSA) is 64.0 Å². The Morgan fingerprint density at radius 1 is 1.33 bits per heavy atom. The van der Waals surface area contributed by atoms with Crippen LogP contribution in [0.15, 0.2) is 23.1 Å². The molecule has 2 aromatic rings. The molecule has 2 saturated carbocycles. The van der Waals surface area contributed by atoms with Gasteiger partial charge in [0.1, 0.15) is 11.2 Å². The predicted molar refractivity (Wildman–Crippen MR) is 93.1 cm³/mol. The molecule has 2 heterocycles. The van der Waals surface area contributed by atoms with Gasteiger partial charge < -0.3 is 9.88 Å². The molecule has 0 radical (unpaired) electrons. The number of carbonyl (C=O) groups is 1. The third-order valence-electron chi connectivity index (χ3n) is 5.70. The van der Waals surface area contributed by atoms with E-state index >= 15 is 0 Å². The molecule has 2 fully saturated rings. The van der Waals surface area contributed by atoms with E-state index in [1.54, 1.807) is 12.3 Å². The Bertz CT molecular complexity index is 871. The number of fused-ring (bicyclic) bond motifs is 3. The van der Waals surface area contributed by atoms with Crippen LogP contribution < -0.4 is 10.7 Å². The molecular formula is C19H23N3O2. The van der Waals surface area contributed by atoms with E-state index in [1.807, 2.05) is 24.5 Å². The SMILES string of the molecule is CCn1cc(C(=O)N[C@@H]2C[C@H]3CC[C@@H]2C3)c(=O)c2ccc(C)nc21. The molecule has 2 aliphatic rings. The Balaban J connectivity index is 1.71. The smallest absolute Gasteiger partial charge is 0.257 e. The van der Waals surface area contributed by atoms with Gasteiger partial charge in [0, 0.05) is 24.5 Å². The normalized spacial score (nSPS) is 25.3. The molecule has 0 unspecified atom stereocenters. The van der Waals surface area contributed by atoms with Crippen LogP contribution >= 0.6 is 0 Å². The van der Waals surface area contributed by atoms with Crippen LogP contribution in [0.5, 0.6) is 0 Å². The zero-order valence-corrected chi connectivity index (χ0v) is 14.2. The summed E-state index contributed by atoms with van der Waals surface area (Å²) in [6.45, 7) is 4.56. The highest BCUT2D eigenvalue weighted by molar-refractivity contribution is 5.97. The molecule has 2 aromatic heterocycles. The Morgan fingerprint density at radius 2 is 2.17 bits per heavy atom. The van der Waals surface area contributed by atoms with Gasteiger partial charge in [0.05, 0.1) is 5.39 Å². The standard InChI is InChI=1S/C19H23N3O2/c1-3-22-10-15(17(23)14-7-4-11(2)20-18(14)22)19(24)21-16-9-12-5-6-13(16)8-12/h4,7,10,12-13,16H,3,5-6,8-9H2,1-2H3,(H,21,24)/t12-,13+,16+/m0/s1. The molecule has 5 nitrogen and oxygen atoms in total. The first-order valence-corrected chi connectivity index (χ1v) is 8.88. The summed E-state index contributed by atoms with van der Waals surface area (Å²) in [6, 6.07) is 3.83. The van der Waals surface area contributed by atoms with Crippen LogP contribution in [0.4, 0.5) is 0 Å². The molecule has 1 N–H and O–H groups in total. The first-order chi connectivity index (χ1) is 11.6. The number of carbonyl (C=O) groups excluding carboxylic acids is 1. The van der Waals surface area contributed by atoms with E-state index in [2.05, 4.69) is 10.3 Å². The lowest BCUT2D eigenvalue weighted by Crippen LogP contribution is -2.40. The largest absolute Gasteiger partial charge is 0.349 e. The average Bonchev–Trinajstić information content (AvgIpc) is 3.18. The minimum Gasteiger partial charge on any atom is -0.349 e. The first-order valence-electron chi connectivity index (χ1n) is 8.88. The van der Waals surface area contributed by atoms with E-state index in [9.17, 15) is 9.59 Å². The van der Waals surface area contributed by atoms with Crippen molar-refractivity contribution < 1.29 is 4.79 Å². The Kier molecular flexibility index (Phi) is 3.66. The van der Waals surface area contributed by atoms with Crippen molar-refractivity contribution in [2.75, 3.05) is 0 Å². The van der Waals surface area contributed by atoms with Gasteiger partial charge in [-0.3, -0.25) is 9.59 Å². The highest BCUT2D eigenvalue weighted by Crippen LogP contribution is 2.44. The van der Waals surface area contributed by atoms with Crippen molar-refractivity contribution in [2.45, 2.75) is 52.1 Å². The zero-order valence-electron chi connectivity index (χ0n) is 14.2. The van der Waals surface area contributed by atoms with Gasteiger partial charge in [-0.05, 0) is 57.1 Å². The predicted octanol–water partition coefficient (Wildman–Crippen LogP) is 2.64. The molecule has 1 amide bonds. The number of amides is 1. The molecule has 126 valence electrons. The van der Waals surface area contributed by atoms with Crippen LogP contribution in [-0.2, 0) is 6.54 Å². The monoisotopic (exact) mass is 325 g/mol. The van der Waals surface area contributed by atoms with E-state index in [-0.39, 0.29) is 22.9 Å². The molecule has 0 aromatic carbocycles. The summed E-state index contributed by atoms with van der Waals surface area (Å²) in [7, 11) is 0. The van der Waals surface area contributed by atoms with Crippen LogP contribution in [-0.4, -0.2) is 21.5 Å². The van der Waals surface area contributed by atoms with Gasteiger partial charge in [-0.1, -0.05) is 6.42 Å². The summed E-state index contributed by atoms with van der Waals surface area (Å²) in [5, 5.41) is 3.64. The van der Waals surface area contributed by atoms with Crippen molar-refractivity contribution in [1.82, 2.24) is 14.9 Å². The van der Waals surface area contributed by atoms with E-state index in [4.69, 9.17) is 0 Å². The molecule has 2 aliphatic carbocycles. The minimum atomic E-state index is -0.234. The second-order valence-corrected chi connectivity index (χ2v) is 7.24. The summed E-state index contributed by atoms with van der Waals surface area (Å²) >= 11 is 0. The number of nitrogens with one attached hydrogen (secondary N) is 1. The van der Waals surface area contributed by atoms with Crippen LogP contribution in [0.25, 0.3) is 11.0 Å². The van der Waals surface area contributed by atoms with Gasteiger partial charge >= 0.3 is 0 Å². The fourth-order valence-corrected chi connectivity index (χ4v) is 4.43. The minimum absolute atomic E-state index is 0.220. The van der Waals surface area contributed by atoms with Crippen molar-refractivity contribution in [3.05, 3.63) is 39.8 Å². The molecule has 0 spiro atoms. The fraction of sp³-hybridized carbons (Fsp3) is 0.526. The number of aryl methyl sites for hydroxylation is 2. The Labute approximate surface area is 141 Å². The van der Waals surface area contributed by atoms with Crippen molar-refractivity contribution in [2.24, 2.45) is 11.8 Å². The summed E-state index contributed by atoms with van der Waals surface area (Å²) in [5.74, 6) is 1.12. The average molecular weight is 325 g/mol. The summed E-state index contributed by atoms with van der Waals surface area (Å²) in [5.41, 5.74) is 1.53. The van der Waals surface area contributed by atoms with E-state index in [0.29, 0.717) is 23.5 Å². The van der Waals surface area contributed by atoms with E-state index in [0.717, 1.165) is 18.0 Å². The summed E-state index contributed by atoms with van der Waals surface area (Å²) in [6.07, 6.45) is 6.45. The maximum absolute atomic E-state index is 12.8. The highest BCUT2D eigenvalue weighted by Gasteiger charge is 2.40. The number of aromatic nitrogens is 2. The summed E-state index contributed by atoms with van der Waals surface area (Å²) < 4.78 is 1.89. The van der Waals surface area contributed by atoms with Gasteiger partial charge in [0.15, 0.2) is 0 Å². The number of hydrogen-bond donors (Lipinski definition) is 1.